The summed E-state index contributed by atoms with van der Waals surface area (Å²) in [4.78, 5) is 20.5. The number of hydrogen-bond acceptors (Lipinski definition) is 3. The van der Waals surface area contributed by atoms with E-state index in [2.05, 4.69) is 9.97 Å². The van der Waals surface area contributed by atoms with Crippen molar-refractivity contribution in [1.82, 2.24) is 9.97 Å². The molecule has 28 heavy (non-hydrogen) atoms. The van der Waals surface area contributed by atoms with Gasteiger partial charge in [-0.2, -0.15) is 0 Å². The molecule has 3 nitrogen and oxygen atoms in total. The Morgan fingerprint density at radius 2 is 1.43 bits per heavy atom. The van der Waals surface area contributed by atoms with Crippen molar-refractivity contribution in [3.05, 3.63) is 108 Å². The van der Waals surface area contributed by atoms with Gasteiger partial charge < -0.3 is 0 Å². The van der Waals surface area contributed by atoms with Crippen molar-refractivity contribution < 1.29 is 13.6 Å². The van der Waals surface area contributed by atoms with Crippen LogP contribution in [0.15, 0.2) is 85.1 Å². The minimum absolute atomic E-state index is 0.0458. The van der Waals surface area contributed by atoms with Crippen molar-refractivity contribution in [3.63, 3.8) is 0 Å². The molecule has 4 rings (SSSR count). The highest BCUT2D eigenvalue weighted by Crippen LogP contribution is 2.28. The van der Waals surface area contributed by atoms with Crippen LogP contribution in [0.2, 0.25) is 0 Å². The third-order valence-corrected chi connectivity index (χ3v) is 4.29. The molecule has 0 unspecified atom stereocenters. The van der Waals surface area contributed by atoms with Gasteiger partial charge in [0.05, 0.1) is 0 Å². The zero-order valence-corrected chi connectivity index (χ0v) is 14.6. The van der Waals surface area contributed by atoms with Gasteiger partial charge in [0, 0.05) is 17.8 Å². The second-order valence-corrected chi connectivity index (χ2v) is 6.14. The fraction of sp³-hybridized carbons (Fsp3) is 0. The Labute approximate surface area is 160 Å². The molecule has 0 spiro atoms. The number of rotatable bonds is 4. The molecule has 0 radical (unpaired) electrons. The van der Waals surface area contributed by atoms with Gasteiger partial charge in [-0.25, -0.2) is 13.8 Å². The number of benzene rings is 2. The van der Waals surface area contributed by atoms with Crippen LogP contribution in [0.25, 0.3) is 22.4 Å². The lowest BCUT2D eigenvalue weighted by atomic mass is 10.0. The van der Waals surface area contributed by atoms with Gasteiger partial charge in [-0.15, -0.1) is 0 Å². The minimum atomic E-state index is -1.02. The molecule has 0 atom stereocenters. The molecule has 5 heteroatoms. The van der Waals surface area contributed by atoms with Crippen molar-refractivity contribution >= 4 is 5.78 Å². The molecule has 0 amide bonds. The standard InChI is InChI=1S/C23H14F2N2O/c24-18-14-19(25)22(23(28)20-11-4-5-12-26-20)27-21(18)17-10-6-9-16(13-17)15-7-2-1-3-8-15/h1-14H. The molecule has 0 saturated carbocycles. The summed E-state index contributed by atoms with van der Waals surface area (Å²) in [6, 6.07) is 22.1. The topological polar surface area (TPSA) is 42.9 Å². The van der Waals surface area contributed by atoms with E-state index in [1.54, 1.807) is 30.3 Å². The van der Waals surface area contributed by atoms with Crippen molar-refractivity contribution in [2.45, 2.75) is 0 Å². The van der Waals surface area contributed by atoms with Crippen LogP contribution < -0.4 is 0 Å². The first-order valence-corrected chi connectivity index (χ1v) is 8.61. The zero-order valence-electron chi connectivity index (χ0n) is 14.6. The largest absolute Gasteiger partial charge is 0.285 e. The molecule has 4 aromatic rings. The molecular formula is C23H14F2N2O. The van der Waals surface area contributed by atoms with Gasteiger partial charge in [-0.05, 0) is 29.3 Å². The number of ketones is 1. The lowest BCUT2D eigenvalue weighted by Crippen LogP contribution is -2.10. The van der Waals surface area contributed by atoms with Crippen LogP contribution in [-0.2, 0) is 0 Å². The Kier molecular flexibility index (Phi) is 4.72. The zero-order chi connectivity index (χ0) is 19.5. The van der Waals surface area contributed by atoms with Gasteiger partial charge >= 0.3 is 0 Å². The molecular weight excluding hydrogens is 358 g/mol. The summed E-state index contributed by atoms with van der Waals surface area (Å²) in [7, 11) is 0. The summed E-state index contributed by atoms with van der Waals surface area (Å²) in [5.74, 6) is -2.55. The predicted octanol–water partition coefficient (Wildman–Crippen LogP) is 5.32. The Hall–Kier alpha value is -3.73. The van der Waals surface area contributed by atoms with E-state index in [-0.39, 0.29) is 11.4 Å². The molecule has 0 N–H and O–H groups in total. The summed E-state index contributed by atoms with van der Waals surface area (Å²) < 4.78 is 28.8. The molecule has 0 aliphatic heterocycles. The number of pyridine rings is 2. The average molecular weight is 372 g/mol. The fourth-order valence-corrected chi connectivity index (χ4v) is 2.92. The lowest BCUT2D eigenvalue weighted by molar-refractivity contribution is 0.102. The molecule has 0 fully saturated rings. The van der Waals surface area contributed by atoms with E-state index in [4.69, 9.17) is 0 Å². The monoisotopic (exact) mass is 372 g/mol. The molecule has 2 aromatic carbocycles. The van der Waals surface area contributed by atoms with Gasteiger partial charge in [0.25, 0.3) is 0 Å². The second-order valence-electron chi connectivity index (χ2n) is 6.14. The van der Waals surface area contributed by atoms with Crippen molar-refractivity contribution in [2.24, 2.45) is 0 Å². The van der Waals surface area contributed by atoms with Crippen molar-refractivity contribution in [2.75, 3.05) is 0 Å². The first kappa shape index (κ1) is 17.7. The van der Waals surface area contributed by atoms with E-state index in [1.165, 1.54) is 12.3 Å². The summed E-state index contributed by atoms with van der Waals surface area (Å²) >= 11 is 0. The van der Waals surface area contributed by atoms with E-state index >= 15 is 0 Å². The van der Waals surface area contributed by atoms with Crippen LogP contribution in [0, 0.1) is 11.6 Å². The van der Waals surface area contributed by atoms with E-state index in [0.29, 0.717) is 11.6 Å². The highest BCUT2D eigenvalue weighted by Gasteiger charge is 2.21. The fourth-order valence-electron chi connectivity index (χ4n) is 2.92. The van der Waals surface area contributed by atoms with Crippen LogP contribution in [0.4, 0.5) is 8.78 Å². The maximum Gasteiger partial charge on any atom is 0.232 e. The minimum Gasteiger partial charge on any atom is -0.285 e. The second kappa shape index (κ2) is 7.48. The molecule has 136 valence electrons. The van der Waals surface area contributed by atoms with Crippen LogP contribution in [-0.4, -0.2) is 15.8 Å². The van der Waals surface area contributed by atoms with Crippen LogP contribution >= 0.6 is 0 Å². The molecule has 0 aliphatic carbocycles. The maximum absolute atomic E-state index is 14.5. The maximum atomic E-state index is 14.5. The molecule has 0 bridgehead atoms. The highest BCUT2D eigenvalue weighted by molar-refractivity contribution is 6.06. The van der Waals surface area contributed by atoms with Crippen molar-refractivity contribution in [1.29, 1.82) is 0 Å². The average Bonchev–Trinajstić information content (AvgIpc) is 2.75. The predicted molar refractivity (Wildman–Crippen MR) is 103 cm³/mol. The Balaban J connectivity index is 1.80. The lowest BCUT2D eigenvalue weighted by Gasteiger charge is -2.09. The van der Waals surface area contributed by atoms with E-state index in [0.717, 1.165) is 11.1 Å². The quantitative estimate of drug-likeness (QED) is 0.455. The number of hydrogen-bond donors (Lipinski definition) is 0. The molecule has 2 heterocycles. The Morgan fingerprint density at radius 1 is 0.714 bits per heavy atom. The first-order valence-electron chi connectivity index (χ1n) is 8.61. The number of carbonyl (C=O) groups is 1. The first-order chi connectivity index (χ1) is 13.6. The summed E-state index contributed by atoms with van der Waals surface area (Å²) in [5.41, 5.74) is 1.77. The third kappa shape index (κ3) is 3.42. The Morgan fingerprint density at radius 3 is 2.18 bits per heavy atom. The van der Waals surface area contributed by atoms with E-state index in [1.807, 2.05) is 36.4 Å². The van der Waals surface area contributed by atoms with Gasteiger partial charge in [-0.1, -0.05) is 54.6 Å². The van der Waals surface area contributed by atoms with E-state index < -0.39 is 23.1 Å². The summed E-state index contributed by atoms with van der Waals surface area (Å²) in [6.07, 6.45) is 1.43. The van der Waals surface area contributed by atoms with Gasteiger partial charge in [0.15, 0.2) is 11.6 Å². The van der Waals surface area contributed by atoms with Crippen LogP contribution in [0.1, 0.15) is 16.2 Å². The van der Waals surface area contributed by atoms with Gasteiger partial charge in [0.2, 0.25) is 5.78 Å². The Bertz CT molecular complexity index is 1150. The number of nitrogens with zero attached hydrogens (tertiary/aromatic N) is 2. The molecule has 2 aromatic heterocycles. The van der Waals surface area contributed by atoms with Crippen LogP contribution in [0.3, 0.4) is 0 Å². The highest BCUT2D eigenvalue weighted by atomic mass is 19.1. The van der Waals surface area contributed by atoms with Crippen LogP contribution in [0.5, 0.6) is 0 Å². The van der Waals surface area contributed by atoms with Gasteiger partial charge in [0.1, 0.15) is 17.1 Å². The molecule has 0 saturated heterocycles. The normalized spacial score (nSPS) is 10.6. The van der Waals surface area contributed by atoms with E-state index in [9.17, 15) is 13.6 Å². The smallest absolute Gasteiger partial charge is 0.232 e. The number of carbonyl (C=O) groups excluding carboxylic acids is 1. The van der Waals surface area contributed by atoms with Crippen molar-refractivity contribution in [3.8, 4) is 22.4 Å². The number of halogens is 2. The molecule has 0 aliphatic rings. The summed E-state index contributed by atoms with van der Waals surface area (Å²) in [6.45, 7) is 0. The third-order valence-electron chi connectivity index (χ3n) is 4.29. The SMILES string of the molecule is O=C(c1ccccn1)c1nc(-c2cccc(-c3ccccc3)c2)c(F)cc1F. The summed E-state index contributed by atoms with van der Waals surface area (Å²) in [5, 5.41) is 0. The number of aromatic nitrogens is 2. The van der Waals surface area contributed by atoms with Gasteiger partial charge in [-0.3, -0.25) is 9.78 Å².